The van der Waals surface area contributed by atoms with Crippen LogP contribution in [0.3, 0.4) is 0 Å². The van der Waals surface area contributed by atoms with E-state index >= 15 is 0 Å². The third kappa shape index (κ3) is 3.86. The Morgan fingerprint density at radius 2 is 2.07 bits per heavy atom. The van der Waals surface area contributed by atoms with Crippen LogP contribution in [0.2, 0.25) is 0 Å². The van der Waals surface area contributed by atoms with Crippen molar-refractivity contribution in [3.05, 3.63) is 30.6 Å². The molecule has 0 radical (unpaired) electrons. The molecular formula is C20H25N7O2. The second kappa shape index (κ2) is 8.04. The first-order valence-electron chi connectivity index (χ1n) is 9.75. The van der Waals surface area contributed by atoms with Gasteiger partial charge in [-0.2, -0.15) is 0 Å². The number of carbonyl (C=O) groups excluding carboxylic acids is 1. The van der Waals surface area contributed by atoms with Gasteiger partial charge in [0.1, 0.15) is 0 Å². The maximum Gasteiger partial charge on any atom is 0.319 e. The summed E-state index contributed by atoms with van der Waals surface area (Å²) in [5, 5.41) is 5.51. The van der Waals surface area contributed by atoms with Gasteiger partial charge >= 0.3 is 6.03 Å². The van der Waals surface area contributed by atoms with Crippen molar-refractivity contribution in [3.8, 4) is 11.4 Å². The molecule has 3 aromatic rings. The summed E-state index contributed by atoms with van der Waals surface area (Å²) in [4.78, 5) is 28.1. The number of hydrogen-bond donors (Lipinski definition) is 2. The molecule has 0 aliphatic carbocycles. The van der Waals surface area contributed by atoms with E-state index in [1.165, 1.54) is 0 Å². The predicted octanol–water partition coefficient (Wildman–Crippen LogP) is 2.40. The number of urea groups is 1. The number of hydrogen-bond acceptors (Lipinski definition) is 6. The third-order valence-electron chi connectivity index (χ3n) is 4.92. The Kier molecular flexibility index (Phi) is 5.30. The quantitative estimate of drug-likeness (QED) is 0.704. The molecule has 1 fully saturated rings. The fourth-order valence-electron chi connectivity index (χ4n) is 3.40. The molecule has 152 valence electrons. The number of ether oxygens (including phenoxy) is 1. The van der Waals surface area contributed by atoms with Gasteiger partial charge in [0, 0.05) is 31.4 Å². The summed E-state index contributed by atoms with van der Waals surface area (Å²) >= 11 is 0. The van der Waals surface area contributed by atoms with Crippen molar-refractivity contribution in [1.29, 1.82) is 0 Å². The second-order valence-electron chi connectivity index (χ2n) is 7.08. The molecule has 0 unspecified atom stereocenters. The highest BCUT2D eigenvalue weighted by Gasteiger charge is 2.25. The first-order chi connectivity index (χ1) is 14.1. The Bertz CT molecular complexity index is 1020. The lowest BCUT2D eigenvalue weighted by Gasteiger charge is -2.34. The van der Waals surface area contributed by atoms with Crippen molar-refractivity contribution in [3.63, 3.8) is 0 Å². The molecule has 9 nitrogen and oxygen atoms in total. The van der Waals surface area contributed by atoms with Crippen molar-refractivity contribution < 1.29 is 9.53 Å². The normalized spacial score (nSPS) is 16.8. The molecule has 2 N–H and O–H groups in total. The summed E-state index contributed by atoms with van der Waals surface area (Å²) in [6.45, 7) is 6.66. The number of nitrogens with zero attached hydrogens (tertiary/aromatic N) is 5. The molecule has 2 aromatic heterocycles. The van der Waals surface area contributed by atoms with E-state index in [-0.39, 0.29) is 12.1 Å². The molecule has 4 rings (SSSR count). The monoisotopic (exact) mass is 395 g/mol. The van der Waals surface area contributed by atoms with E-state index in [0.29, 0.717) is 31.3 Å². The highest BCUT2D eigenvalue weighted by molar-refractivity contribution is 5.90. The SMILES string of the molecule is CCNC(=O)Nc1ccc(-c2nc(N3CCOC[C@@H]3C)c3ncn(C)c3n2)cc1. The van der Waals surface area contributed by atoms with E-state index in [1.54, 1.807) is 6.33 Å². The number of aromatic nitrogens is 4. The number of carbonyl (C=O) groups is 1. The Morgan fingerprint density at radius 3 is 2.79 bits per heavy atom. The van der Waals surface area contributed by atoms with Gasteiger partial charge in [-0.15, -0.1) is 0 Å². The van der Waals surface area contributed by atoms with Gasteiger partial charge in [0.15, 0.2) is 22.8 Å². The zero-order valence-corrected chi connectivity index (χ0v) is 16.8. The van der Waals surface area contributed by atoms with Gasteiger partial charge in [-0.3, -0.25) is 0 Å². The van der Waals surface area contributed by atoms with Crippen LogP contribution in [-0.2, 0) is 11.8 Å². The molecule has 1 aliphatic heterocycles. The average molecular weight is 395 g/mol. The molecule has 3 heterocycles. The summed E-state index contributed by atoms with van der Waals surface area (Å²) in [5.74, 6) is 1.45. The fraction of sp³-hybridized carbons (Fsp3) is 0.400. The molecule has 2 amide bonds. The zero-order chi connectivity index (χ0) is 20.4. The molecule has 29 heavy (non-hydrogen) atoms. The van der Waals surface area contributed by atoms with E-state index < -0.39 is 0 Å². The number of anilines is 2. The fourth-order valence-corrected chi connectivity index (χ4v) is 3.40. The third-order valence-corrected chi connectivity index (χ3v) is 4.92. The van der Waals surface area contributed by atoms with Gasteiger partial charge in [0.25, 0.3) is 0 Å². The van der Waals surface area contributed by atoms with E-state index in [1.807, 2.05) is 42.8 Å². The molecule has 9 heteroatoms. The minimum Gasteiger partial charge on any atom is -0.377 e. The van der Waals surface area contributed by atoms with Crippen LogP contribution in [0.25, 0.3) is 22.6 Å². The molecule has 1 saturated heterocycles. The van der Waals surface area contributed by atoms with Gasteiger partial charge in [-0.25, -0.2) is 19.7 Å². The summed E-state index contributed by atoms with van der Waals surface area (Å²) in [6.07, 6.45) is 1.76. The summed E-state index contributed by atoms with van der Waals surface area (Å²) in [7, 11) is 1.93. The van der Waals surface area contributed by atoms with Crippen LogP contribution < -0.4 is 15.5 Å². The molecule has 0 bridgehead atoms. The number of nitrogens with one attached hydrogen (secondary N) is 2. The number of benzene rings is 1. The standard InChI is InChI=1S/C20H25N7O2/c1-4-21-20(28)23-15-7-5-14(6-8-15)17-24-18-16(22-12-26(18)3)19(25-17)27-9-10-29-11-13(27)2/h5-8,12-13H,4,9-11H2,1-3H3,(H2,21,23,28)/t13-/m0/s1. The number of imidazole rings is 1. The number of aryl methyl sites for hydroxylation is 1. The van der Waals surface area contributed by atoms with Crippen LogP contribution in [0.1, 0.15) is 13.8 Å². The summed E-state index contributed by atoms with van der Waals surface area (Å²) in [5.41, 5.74) is 3.16. The molecule has 0 spiro atoms. The van der Waals surface area contributed by atoms with Crippen LogP contribution in [-0.4, -0.2) is 57.9 Å². The summed E-state index contributed by atoms with van der Waals surface area (Å²) in [6, 6.07) is 7.49. The van der Waals surface area contributed by atoms with Crippen LogP contribution >= 0.6 is 0 Å². The van der Waals surface area contributed by atoms with Crippen molar-refractivity contribution in [2.24, 2.45) is 7.05 Å². The minimum atomic E-state index is -0.226. The predicted molar refractivity (Wildman–Crippen MR) is 112 cm³/mol. The first kappa shape index (κ1) is 19.1. The number of amides is 2. The van der Waals surface area contributed by atoms with Gasteiger partial charge in [0.2, 0.25) is 0 Å². The van der Waals surface area contributed by atoms with Gasteiger partial charge in [0.05, 0.1) is 25.6 Å². The lowest BCUT2D eigenvalue weighted by molar-refractivity contribution is 0.0987. The topological polar surface area (TPSA) is 97.2 Å². The maximum absolute atomic E-state index is 11.7. The molecular weight excluding hydrogens is 370 g/mol. The van der Waals surface area contributed by atoms with Gasteiger partial charge in [-0.05, 0) is 38.1 Å². The summed E-state index contributed by atoms with van der Waals surface area (Å²) < 4.78 is 7.48. The number of morpholine rings is 1. The largest absolute Gasteiger partial charge is 0.377 e. The van der Waals surface area contributed by atoms with E-state index in [0.717, 1.165) is 29.1 Å². The molecule has 1 aromatic carbocycles. The van der Waals surface area contributed by atoms with Crippen molar-refractivity contribution in [2.75, 3.05) is 36.5 Å². The first-order valence-corrected chi connectivity index (χ1v) is 9.75. The van der Waals surface area contributed by atoms with Crippen molar-refractivity contribution in [1.82, 2.24) is 24.8 Å². The average Bonchev–Trinajstić information content (AvgIpc) is 3.09. The van der Waals surface area contributed by atoms with Crippen LogP contribution in [0.4, 0.5) is 16.3 Å². The number of rotatable bonds is 4. The van der Waals surface area contributed by atoms with E-state index in [4.69, 9.17) is 14.7 Å². The Labute approximate surface area is 169 Å². The molecule has 1 atom stereocenters. The highest BCUT2D eigenvalue weighted by Crippen LogP contribution is 2.29. The van der Waals surface area contributed by atoms with Gasteiger partial charge in [-0.1, -0.05) is 0 Å². The Morgan fingerprint density at radius 1 is 1.28 bits per heavy atom. The van der Waals surface area contributed by atoms with Crippen LogP contribution in [0.5, 0.6) is 0 Å². The molecule has 0 saturated carbocycles. The number of fused-ring (bicyclic) bond motifs is 1. The maximum atomic E-state index is 11.7. The lowest BCUT2D eigenvalue weighted by Crippen LogP contribution is -2.44. The van der Waals surface area contributed by atoms with Crippen LogP contribution in [0, 0.1) is 0 Å². The van der Waals surface area contributed by atoms with Crippen molar-refractivity contribution in [2.45, 2.75) is 19.9 Å². The Balaban J connectivity index is 1.70. The van der Waals surface area contributed by atoms with Crippen molar-refractivity contribution >= 4 is 28.7 Å². The minimum absolute atomic E-state index is 0.209. The smallest absolute Gasteiger partial charge is 0.319 e. The van der Waals surface area contributed by atoms with E-state index in [2.05, 4.69) is 27.4 Å². The van der Waals surface area contributed by atoms with E-state index in [9.17, 15) is 4.79 Å². The Hall–Kier alpha value is -3.20. The second-order valence-corrected chi connectivity index (χ2v) is 7.08. The van der Waals surface area contributed by atoms with Gasteiger partial charge < -0.3 is 24.8 Å². The van der Waals surface area contributed by atoms with Crippen LogP contribution in [0.15, 0.2) is 30.6 Å². The zero-order valence-electron chi connectivity index (χ0n) is 16.8. The lowest BCUT2D eigenvalue weighted by atomic mass is 10.2. The molecule has 1 aliphatic rings. The highest BCUT2D eigenvalue weighted by atomic mass is 16.5.